The molecule has 2 aromatic carbocycles. The Balaban J connectivity index is 1.42. The lowest BCUT2D eigenvalue weighted by molar-refractivity contribution is -0.154. The van der Waals surface area contributed by atoms with E-state index in [0.717, 1.165) is 16.8 Å². The quantitative estimate of drug-likeness (QED) is 0.179. The minimum absolute atomic E-state index is 0.0968. The van der Waals surface area contributed by atoms with Crippen molar-refractivity contribution in [3.05, 3.63) is 83.7 Å². The highest BCUT2D eigenvalue weighted by atomic mass is 16.7. The van der Waals surface area contributed by atoms with E-state index in [1.807, 2.05) is 36.5 Å². The van der Waals surface area contributed by atoms with E-state index in [4.69, 9.17) is 10.2 Å². The number of carbonyl (C=O) groups is 2. The molecule has 0 bridgehead atoms. The number of aromatic nitrogens is 2. The Morgan fingerprint density at radius 2 is 1.83 bits per heavy atom. The van der Waals surface area contributed by atoms with Gasteiger partial charge in [-0.2, -0.15) is 10.6 Å². The summed E-state index contributed by atoms with van der Waals surface area (Å²) in [4.78, 5) is 32.1. The van der Waals surface area contributed by atoms with Crippen LogP contribution in [0, 0.1) is 5.41 Å². The number of rotatable bonds is 8. The zero-order chi connectivity index (χ0) is 25.8. The molecule has 0 saturated carbocycles. The minimum Gasteiger partial charge on any atom is -0.391 e. The smallest absolute Gasteiger partial charge is 0.255 e. The SMILES string of the molecule is CNOC(=N)C1c2ccccc2CN1C(=O)[C@H](O)[C@@H](O)C(=O)N[C@H](C)c1ccc(-n2cccn2)cc1. The first-order chi connectivity index (χ1) is 17.3. The molecular weight excluding hydrogens is 464 g/mol. The molecule has 11 heteroatoms. The molecule has 3 aromatic rings. The van der Waals surface area contributed by atoms with Crippen LogP contribution in [0.25, 0.3) is 5.69 Å². The van der Waals surface area contributed by atoms with Gasteiger partial charge in [0.1, 0.15) is 6.04 Å². The highest BCUT2D eigenvalue weighted by Gasteiger charge is 2.42. The monoisotopic (exact) mass is 492 g/mol. The van der Waals surface area contributed by atoms with Gasteiger partial charge in [0.05, 0.1) is 11.7 Å². The molecule has 0 saturated heterocycles. The minimum atomic E-state index is -2.03. The summed E-state index contributed by atoms with van der Waals surface area (Å²) < 4.78 is 1.70. The third-order valence-corrected chi connectivity index (χ3v) is 6.09. The molecule has 11 nitrogen and oxygen atoms in total. The van der Waals surface area contributed by atoms with Crippen LogP contribution in [0.15, 0.2) is 67.0 Å². The number of benzene rings is 2. The van der Waals surface area contributed by atoms with Crippen LogP contribution >= 0.6 is 0 Å². The Bertz CT molecular complexity index is 1230. The molecule has 0 aliphatic carbocycles. The Labute approximate surface area is 207 Å². The molecule has 0 radical (unpaired) electrons. The summed E-state index contributed by atoms with van der Waals surface area (Å²) in [7, 11) is 1.48. The zero-order valence-corrected chi connectivity index (χ0v) is 19.8. The van der Waals surface area contributed by atoms with Crippen molar-refractivity contribution < 1.29 is 24.6 Å². The molecule has 5 N–H and O–H groups in total. The first-order valence-corrected chi connectivity index (χ1v) is 11.4. The molecule has 0 fully saturated rings. The lowest BCUT2D eigenvalue weighted by atomic mass is 10.0. The molecule has 4 atom stereocenters. The summed E-state index contributed by atoms with van der Waals surface area (Å²) in [5, 5.41) is 36.1. The van der Waals surface area contributed by atoms with Crippen LogP contribution in [0.2, 0.25) is 0 Å². The average Bonchev–Trinajstić information content (AvgIpc) is 3.56. The second-order valence-electron chi connectivity index (χ2n) is 8.40. The summed E-state index contributed by atoms with van der Waals surface area (Å²) in [6.45, 7) is 1.82. The number of amides is 2. The summed E-state index contributed by atoms with van der Waals surface area (Å²) >= 11 is 0. The van der Waals surface area contributed by atoms with E-state index in [-0.39, 0.29) is 12.4 Å². The van der Waals surface area contributed by atoms with Crippen LogP contribution < -0.4 is 10.8 Å². The van der Waals surface area contributed by atoms with Gasteiger partial charge in [-0.3, -0.25) is 15.0 Å². The van der Waals surface area contributed by atoms with Crippen molar-refractivity contribution in [2.45, 2.75) is 37.8 Å². The predicted octanol–water partition coefficient (Wildman–Crippen LogP) is 0.983. The number of aliphatic hydroxyl groups excluding tert-OH is 2. The van der Waals surface area contributed by atoms with Crippen molar-refractivity contribution in [3.63, 3.8) is 0 Å². The van der Waals surface area contributed by atoms with Crippen LogP contribution in [0.3, 0.4) is 0 Å². The highest BCUT2D eigenvalue weighted by Crippen LogP contribution is 2.35. The van der Waals surface area contributed by atoms with E-state index < -0.39 is 36.1 Å². The first kappa shape index (κ1) is 25.0. The lowest BCUT2D eigenvalue weighted by Gasteiger charge is -2.28. The summed E-state index contributed by atoms with van der Waals surface area (Å²) in [5.74, 6) is -2.04. The van der Waals surface area contributed by atoms with E-state index in [9.17, 15) is 19.8 Å². The maximum Gasteiger partial charge on any atom is 0.255 e. The van der Waals surface area contributed by atoms with Gasteiger partial charge in [-0.25, -0.2) is 4.68 Å². The van der Waals surface area contributed by atoms with E-state index in [1.165, 1.54) is 11.9 Å². The molecule has 188 valence electrons. The number of nitrogens with zero attached hydrogens (tertiary/aromatic N) is 3. The molecule has 1 aliphatic rings. The molecule has 4 rings (SSSR count). The number of hydrogen-bond donors (Lipinski definition) is 5. The summed E-state index contributed by atoms with van der Waals surface area (Å²) in [6, 6.07) is 14.9. The number of aliphatic hydroxyl groups is 2. The van der Waals surface area contributed by atoms with Crippen LogP contribution in [0.5, 0.6) is 0 Å². The van der Waals surface area contributed by atoms with Gasteiger partial charge in [0.25, 0.3) is 11.8 Å². The normalized spacial score (nSPS) is 17.1. The van der Waals surface area contributed by atoms with Crippen LogP contribution in [-0.4, -0.2) is 61.9 Å². The number of nitrogens with one attached hydrogen (secondary N) is 3. The molecule has 1 aromatic heterocycles. The standard InChI is InChI=1S/C25H28N6O5/c1-15(16-8-10-18(11-9-16)31-13-5-12-28-31)29-24(34)21(32)22(33)25(35)30-14-17-6-3-4-7-19(17)20(30)23(26)36-27-2/h3-13,15,20-22,26-27,32-33H,14H2,1-2H3,(H,29,34)/t15-,20?,21-,22-/m1/s1. The highest BCUT2D eigenvalue weighted by molar-refractivity contribution is 5.94. The molecule has 2 heterocycles. The van der Waals surface area contributed by atoms with Crippen molar-refractivity contribution >= 4 is 17.7 Å². The number of fused-ring (bicyclic) bond motifs is 1. The van der Waals surface area contributed by atoms with Gasteiger partial charge in [0, 0.05) is 26.0 Å². The zero-order valence-electron chi connectivity index (χ0n) is 19.8. The molecular formula is C25H28N6O5. The maximum atomic E-state index is 13.1. The van der Waals surface area contributed by atoms with E-state index in [1.54, 1.807) is 42.1 Å². The topological polar surface area (TPSA) is 153 Å². The Hall–Kier alpha value is -4.06. The van der Waals surface area contributed by atoms with Crippen LogP contribution in [0.4, 0.5) is 0 Å². The number of carbonyl (C=O) groups excluding carboxylic acids is 2. The fraction of sp³-hybridized carbons (Fsp3) is 0.280. The van der Waals surface area contributed by atoms with E-state index in [0.29, 0.717) is 5.56 Å². The third-order valence-electron chi connectivity index (χ3n) is 6.09. The van der Waals surface area contributed by atoms with Crippen LogP contribution in [-0.2, 0) is 21.0 Å². The van der Waals surface area contributed by atoms with Crippen molar-refractivity contribution in [2.75, 3.05) is 7.05 Å². The molecule has 1 aliphatic heterocycles. The predicted molar refractivity (Wildman–Crippen MR) is 130 cm³/mol. The fourth-order valence-corrected chi connectivity index (χ4v) is 4.21. The van der Waals surface area contributed by atoms with Crippen molar-refractivity contribution in [1.82, 2.24) is 25.5 Å². The van der Waals surface area contributed by atoms with Crippen molar-refractivity contribution in [2.24, 2.45) is 0 Å². The number of hydroxylamine groups is 1. The van der Waals surface area contributed by atoms with Gasteiger partial charge in [-0.15, -0.1) is 0 Å². The summed E-state index contributed by atoms with van der Waals surface area (Å²) in [6.07, 6.45) is -0.555. The van der Waals surface area contributed by atoms with Gasteiger partial charge < -0.3 is 25.3 Å². The fourth-order valence-electron chi connectivity index (χ4n) is 4.21. The Kier molecular flexibility index (Phi) is 7.44. The first-order valence-electron chi connectivity index (χ1n) is 11.4. The third kappa shape index (κ3) is 4.98. The molecule has 0 spiro atoms. The van der Waals surface area contributed by atoms with Gasteiger partial charge in [-0.1, -0.05) is 36.4 Å². The second-order valence-corrected chi connectivity index (χ2v) is 8.40. The van der Waals surface area contributed by atoms with Gasteiger partial charge in [0.15, 0.2) is 12.2 Å². The second kappa shape index (κ2) is 10.7. The van der Waals surface area contributed by atoms with E-state index >= 15 is 0 Å². The van der Waals surface area contributed by atoms with Gasteiger partial charge in [-0.05, 0) is 41.8 Å². The van der Waals surface area contributed by atoms with Crippen molar-refractivity contribution in [1.29, 1.82) is 5.41 Å². The lowest BCUT2D eigenvalue weighted by Crippen LogP contribution is -2.51. The summed E-state index contributed by atoms with van der Waals surface area (Å²) in [5.41, 5.74) is 5.47. The molecule has 36 heavy (non-hydrogen) atoms. The van der Waals surface area contributed by atoms with Crippen molar-refractivity contribution in [3.8, 4) is 5.69 Å². The van der Waals surface area contributed by atoms with Crippen LogP contribution in [0.1, 0.15) is 35.7 Å². The maximum absolute atomic E-state index is 13.1. The van der Waals surface area contributed by atoms with Gasteiger partial charge in [0.2, 0.25) is 5.90 Å². The largest absolute Gasteiger partial charge is 0.391 e. The Morgan fingerprint density at radius 3 is 2.50 bits per heavy atom. The average molecular weight is 493 g/mol. The van der Waals surface area contributed by atoms with E-state index in [2.05, 4.69) is 15.9 Å². The van der Waals surface area contributed by atoms with Gasteiger partial charge >= 0.3 is 0 Å². The Morgan fingerprint density at radius 1 is 1.11 bits per heavy atom. The molecule has 2 amide bonds. The number of hydrogen-bond acceptors (Lipinski definition) is 8. The molecule has 1 unspecified atom stereocenters.